The first-order valence-corrected chi connectivity index (χ1v) is 8.36. The minimum Gasteiger partial charge on any atom is -0.494 e. The predicted molar refractivity (Wildman–Crippen MR) is 98.3 cm³/mol. The molecule has 0 radical (unpaired) electrons. The molecule has 0 bridgehead atoms. The molecule has 1 aromatic heterocycles. The molecular formula is C20H22FN3O2. The quantitative estimate of drug-likeness (QED) is 0.682. The van der Waals surface area contributed by atoms with E-state index in [1.165, 1.54) is 13.2 Å². The number of methoxy groups -OCH3 is 1. The van der Waals surface area contributed by atoms with Crippen LogP contribution in [0.2, 0.25) is 0 Å². The lowest BCUT2D eigenvalue weighted by Crippen LogP contribution is -2.24. The molecule has 0 aliphatic carbocycles. The fraction of sp³-hybridized carbons (Fsp3) is 0.250. The number of H-pyrrole nitrogens is 1. The molecule has 0 spiro atoms. The van der Waals surface area contributed by atoms with E-state index in [1.807, 2.05) is 42.3 Å². The number of nitrogens with zero attached hydrogens (tertiary/aromatic N) is 2. The first kappa shape index (κ1) is 18.1. The molecular weight excluding hydrogens is 333 g/mol. The predicted octanol–water partition coefficient (Wildman–Crippen LogP) is 3.39. The first-order chi connectivity index (χ1) is 12.6. The second-order valence-corrected chi connectivity index (χ2v) is 6.24. The second kappa shape index (κ2) is 8.12. The van der Waals surface area contributed by atoms with Crippen molar-refractivity contribution in [2.45, 2.75) is 12.6 Å². The molecule has 2 aromatic carbocycles. The van der Waals surface area contributed by atoms with Gasteiger partial charge in [0.15, 0.2) is 11.6 Å². The van der Waals surface area contributed by atoms with Gasteiger partial charge in [0.05, 0.1) is 25.1 Å². The van der Waals surface area contributed by atoms with Gasteiger partial charge in [0.25, 0.3) is 0 Å². The van der Waals surface area contributed by atoms with Crippen molar-refractivity contribution in [2.75, 3.05) is 20.7 Å². The van der Waals surface area contributed by atoms with Crippen molar-refractivity contribution in [2.24, 2.45) is 0 Å². The van der Waals surface area contributed by atoms with Gasteiger partial charge in [-0.1, -0.05) is 30.3 Å². The summed E-state index contributed by atoms with van der Waals surface area (Å²) >= 11 is 0. The first-order valence-electron chi connectivity index (χ1n) is 8.36. The van der Waals surface area contributed by atoms with E-state index in [9.17, 15) is 9.50 Å². The molecule has 0 fully saturated rings. The van der Waals surface area contributed by atoms with Crippen molar-refractivity contribution in [1.29, 1.82) is 0 Å². The minimum absolute atomic E-state index is 0.206. The molecule has 3 rings (SSSR count). The summed E-state index contributed by atoms with van der Waals surface area (Å²) in [6.45, 7) is 1.05. The molecule has 1 atom stereocenters. The van der Waals surface area contributed by atoms with Gasteiger partial charge in [0.2, 0.25) is 0 Å². The lowest BCUT2D eigenvalue weighted by atomic mass is 10.1. The molecule has 5 nitrogen and oxygen atoms in total. The number of benzene rings is 2. The van der Waals surface area contributed by atoms with Crippen LogP contribution in [-0.2, 0) is 6.54 Å². The lowest BCUT2D eigenvalue weighted by molar-refractivity contribution is 0.124. The Bertz CT molecular complexity index is 851. The van der Waals surface area contributed by atoms with Crippen LogP contribution in [0, 0.1) is 5.82 Å². The van der Waals surface area contributed by atoms with Crippen molar-refractivity contribution >= 4 is 0 Å². The number of hydrogen-bond acceptors (Lipinski definition) is 4. The van der Waals surface area contributed by atoms with Crippen LogP contribution in [0.25, 0.3) is 11.3 Å². The van der Waals surface area contributed by atoms with Gasteiger partial charge in [-0.05, 0) is 30.8 Å². The topological polar surface area (TPSA) is 61.4 Å². The molecule has 0 aliphatic rings. The van der Waals surface area contributed by atoms with Crippen LogP contribution in [0.1, 0.15) is 17.2 Å². The molecule has 0 saturated carbocycles. The number of likely N-dealkylation sites (N-methyl/N-ethyl adjacent to an activating group) is 1. The number of aromatic nitrogens is 2. The Labute approximate surface area is 152 Å². The number of ether oxygens (including phenoxy) is 1. The van der Waals surface area contributed by atoms with Crippen LogP contribution in [0.4, 0.5) is 4.39 Å². The number of halogens is 1. The average Bonchev–Trinajstić information content (AvgIpc) is 3.10. The molecule has 0 saturated heterocycles. The number of aliphatic hydroxyl groups excluding tert-OH is 1. The molecule has 6 heteroatoms. The van der Waals surface area contributed by atoms with Crippen LogP contribution in [0.5, 0.6) is 5.75 Å². The third-order valence-electron chi connectivity index (χ3n) is 4.27. The molecule has 1 unspecified atom stereocenters. The Balaban J connectivity index is 1.71. The summed E-state index contributed by atoms with van der Waals surface area (Å²) in [6.07, 6.45) is 1.15. The zero-order chi connectivity index (χ0) is 18.5. The number of aliphatic hydroxyl groups is 1. The van der Waals surface area contributed by atoms with Crippen LogP contribution in [-0.4, -0.2) is 40.9 Å². The summed E-state index contributed by atoms with van der Waals surface area (Å²) < 4.78 is 19.0. The molecule has 26 heavy (non-hydrogen) atoms. The molecule has 1 heterocycles. The Morgan fingerprint density at radius 1 is 1.23 bits per heavy atom. The van der Waals surface area contributed by atoms with Gasteiger partial charge in [-0.2, -0.15) is 5.10 Å². The molecule has 136 valence electrons. The average molecular weight is 355 g/mol. The highest BCUT2D eigenvalue weighted by Crippen LogP contribution is 2.27. The fourth-order valence-corrected chi connectivity index (χ4v) is 2.93. The summed E-state index contributed by atoms with van der Waals surface area (Å²) in [5, 5.41) is 17.4. The maximum atomic E-state index is 14.0. The van der Waals surface area contributed by atoms with Gasteiger partial charge in [-0.3, -0.25) is 10.00 Å². The van der Waals surface area contributed by atoms with E-state index in [-0.39, 0.29) is 5.75 Å². The second-order valence-electron chi connectivity index (χ2n) is 6.24. The van der Waals surface area contributed by atoms with Crippen molar-refractivity contribution < 1.29 is 14.2 Å². The van der Waals surface area contributed by atoms with Crippen LogP contribution in [0.15, 0.2) is 54.7 Å². The summed E-state index contributed by atoms with van der Waals surface area (Å²) in [4.78, 5) is 2.01. The van der Waals surface area contributed by atoms with Crippen molar-refractivity contribution in [3.8, 4) is 17.0 Å². The van der Waals surface area contributed by atoms with Crippen LogP contribution >= 0.6 is 0 Å². The van der Waals surface area contributed by atoms with Gasteiger partial charge in [0.1, 0.15) is 0 Å². The molecule has 0 aliphatic heterocycles. The Hall–Kier alpha value is -2.70. The SMILES string of the molecule is COc1ccc(-c2[nH]ncc2CN(C)CC(O)c2ccccc2)cc1F. The van der Waals surface area contributed by atoms with Gasteiger partial charge in [-0.25, -0.2) is 4.39 Å². The highest BCUT2D eigenvalue weighted by molar-refractivity contribution is 5.63. The maximum Gasteiger partial charge on any atom is 0.165 e. The van der Waals surface area contributed by atoms with Crippen LogP contribution < -0.4 is 4.74 Å². The van der Waals surface area contributed by atoms with Gasteiger partial charge in [-0.15, -0.1) is 0 Å². The van der Waals surface area contributed by atoms with Gasteiger partial charge >= 0.3 is 0 Å². The Kier molecular flexibility index (Phi) is 5.65. The Morgan fingerprint density at radius 3 is 2.69 bits per heavy atom. The summed E-state index contributed by atoms with van der Waals surface area (Å²) in [5.74, 6) is -0.212. The number of nitrogens with one attached hydrogen (secondary N) is 1. The molecule has 3 aromatic rings. The van der Waals surface area contributed by atoms with Crippen molar-refractivity contribution in [3.63, 3.8) is 0 Å². The van der Waals surface area contributed by atoms with Crippen LogP contribution in [0.3, 0.4) is 0 Å². The molecule has 2 N–H and O–H groups in total. The normalized spacial score (nSPS) is 12.3. The monoisotopic (exact) mass is 355 g/mol. The zero-order valence-corrected chi connectivity index (χ0v) is 14.8. The smallest absolute Gasteiger partial charge is 0.165 e. The van der Waals surface area contributed by atoms with E-state index in [1.54, 1.807) is 18.3 Å². The van der Waals surface area contributed by atoms with E-state index in [0.717, 1.165) is 16.8 Å². The Morgan fingerprint density at radius 2 is 2.00 bits per heavy atom. The van der Waals surface area contributed by atoms with Crippen molar-refractivity contribution in [1.82, 2.24) is 15.1 Å². The summed E-state index contributed by atoms with van der Waals surface area (Å²) in [7, 11) is 3.37. The van der Waals surface area contributed by atoms with E-state index in [0.29, 0.717) is 18.7 Å². The number of rotatable bonds is 7. The standard InChI is InChI=1S/C20H22FN3O2/c1-24(13-18(25)14-6-4-3-5-7-14)12-16-11-22-23-20(16)15-8-9-19(26-2)17(21)10-15/h3-11,18,25H,12-13H2,1-2H3,(H,22,23). The van der Waals surface area contributed by atoms with Gasteiger partial charge in [0, 0.05) is 24.2 Å². The summed E-state index contributed by atoms with van der Waals surface area (Å²) in [5.41, 5.74) is 3.27. The minimum atomic E-state index is -0.574. The maximum absolute atomic E-state index is 14.0. The van der Waals surface area contributed by atoms with E-state index in [2.05, 4.69) is 10.2 Å². The fourth-order valence-electron chi connectivity index (χ4n) is 2.93. The van der Waals surface area contributed by atoms with E-state index in [4.69, 9.17) is 4.74 Å². The van der Waals surface area contributed by atoms with Crippen molar-refractivity contribution in [3.05, 3.63) is 71.7 Å². The summed E-state index contributed by atoms with van der Waals surface area (Å²) in [6, 6.07) is 14.4. The van der Waals surface area contributed by atoms with E-state index >= 15 is 0 Å². The third-order valence-corrected chi connectivity index (χ3v) is 4.27. The zero-order valence-electron chi connectivity index (χ0n) is 14.8. The van der Waals surface area contributed by atoms with E-state index < -0.39 is 11.9 Å². The number of hydrogen-bond donors (Lipinski definition) is 2. The highest BCUT2D eigenvalue weighted by atomic mass is 19.1. The highest BCUT2D eigenvalue weighted by Gasteiger charge is 2.15. The van der Waals surface area contributed by atoms with Gasteiger partial charge < -0.3 is 9.84 Å². The lowest BCUT2D eigenvalue weighted by Gasteiger charge is -2.21. The number of aromatic amines is 1. The largest absolute Gasteiger partial charge is 0.494 e. The molecule has 0 amide bonds. The third kappa shape index (κ3) is 4.09.